The number of amides is 1. The highest BCUT2D eigenvalue weighted by Crippen LogP contribution is 2.26. The smallest absolute Gasteiger partial charge is 0.364 e. The highest BCUT2D eigenvalue weighted by molar-refractivity contribution is 5.90. The summed E-state index contributed by atoms with van der Waals surface area (Å²) in [4.78, 5) is 17.1. The third-order valence-corrected chi connectivity index (χ3v) is 1.64. The number of primary amides is 1. The zero-order valence-electron chi connectivity index (χ0n) is 8.30. The van der Waals surface area contributed by atoms with Crippen LogP contribution >= 0.6 is 0 Å². The minimum Gasteiger partial charge on any atom is -0.364 e. The minimum absolute atomic E-state index is 0.0543. The summed E-state index contributed by atoms with van der Waals surface area (Å²) < 4.78 is 37.1. The van der Waals surface area contributed by atoms with E-state index in [0.29, 0.717) is 0 Å². The molecule has 1 aromatic rings. The number of hydrogen-bond acceptors (Lipinski definition) is 4. The molecule has 0 unspecified atom stereocenters. The van der Waals surface area contributed by atoms with E-state index in [4.69, 9.17) is 5.73 Å². The molecule has 0 spiro atoms. The Hall–Kier alpha value is -1.70. The molecule has 0 bridgehead atoms. The van der Waals surface area contributed by atoms with Gasteiger partial charge in [-0.2, -0.15) is 13.2 Å². The van der Waals surface area contributed by atoms with Crippen molar-refractivity contribution in [2.24, 2.45) is 5.73 Å². The average molecular weight is 234 g/mol. The molecule has 0 aliphatic carbocycles. The van der Waals surface area contributed by atoms with Crippen LogP contribution in [0.3, 0.4) is 0 Å². The Bertz CT molecular complexity index is 405. The van der Waals surface area contributed by atoms with Gasteiger partial charge in [-0.1, -0.05) is 0 Å². The number of nitrogens with zero attached hydrogens (tertiary/aromatic N) is 2. The highest BCUT2D eigenvalue weighted by atomic mass is 19.4. The van der Waals surface area contributed by atoms with Crippen molar-refractivity contribution in [3.05, 3.63) is 23.3 Å². The first-order valence-corrected chi connectivity index (χ1v) is 4.24. The zero-order valence-corrected chi connectivity index (χ0v) is 8.30. The van der Waals surface area contributed by atoms with Gasteiger partial charge < -0.3 is 11.1 Å². The lowest BCUT2D eigenvalue weighted by atomic mass is 10.3. The Morgan fingerprint density at radius 1 is 1.50 bits per heavy atom. The lowest BCUT2D eigenvalue weighted by Crippen LogP contribution is -2.21. The fraction of sp³-hybridized carbons (Fsp3) is 0.375. The molecule has 3 N–H and O–H groups in total. The maximum atomic E-state index is 12.4. The zero-order chi connectivity index (χ0) is 12.3. The average Bonchev–Trinajstić information content (AvgIpc) is 2.16. The molecule has 1 aromatic heterocycles. The van der Waals surface area contributed by atoms with Crippen LogP contribution in [0.5, 0.6) is 0 Å². The van der Waals surface area contributed by atoms with E-state index in [0.717, 1.165) is 6.07 Å². The molecule has 5 nitrogen and oxygen atoms in total. The quantitative estimate of drug-likeness (QED) is 0.788. The van der Waals surface area contributed by atoms with E-state index in [1.165, 1.54) is 0 Å². The van der Waals surface area contributed by atoms with Gasteiger partial charge in [-0.05, 0) is 13.1 Å². The number of nitrogens with two attached hydrogens (primary N) is 1. The molecule has 0 radical (unpaired) electrons. The summed E-state index contributed by atoms with van der Waals surface area (Å²) >= 11 is 0. The van der Waals surface area contributed by atoms with Crippen LogP contribution in [-0.4, -0.2) is 22.9 Å². The molecule has 0 aliphatic heterocycles. The van der Waals surface area contributed by atoms with Crippen molar-refractivity contribution in [2.75, 3.05) is 7.05 Å². The lowest BCUT2D eigenvalue weighted by Gasteiger charge is -2.08. The molecule has 0 aromatic carbocycles. The lowest BCUT2D eigenvalue weighted by molar-refractivity contribution is -0.145. The summed E-state index contributed by atoms with van der Waals surface area (Å²) in [5.41, 5.74) is 4.48. The van der Waals surface area contributed by atoms with Crippen molar-refractivity contribution in [2.45, 2.75) is 12.7 Å². The van der Waals surface area contributed by atoms with E-state index in [2.05, 4.69) is 15.3 Å². The number of halogens is 3. The maximum Gasteiger partial charge on any atom is 0.451 e. The van der Waals surface area contributed by atoms with Crippen LogP contribution in [0.15, 0.2) is 6.07 Å². The van der Waals surface area contributed by atoms with E-state index in [9.17, 15) is 18.0 Å². The van der Waals surface area contributed by atoms with Crippen molar-refractivity contribution in [3.8, 4) is 0 Å². The molecule has 16 heavy (non-hydrogen) atoms. The number of carbonyl (C=O) groups excluding carboxylic acids is 1. The standard InChI is InChI=1S/C8H9F3N4O/c1-13-3-4-2-5(6(12)16)15-7(14-4)8(9,10)11/h2,13H,3H2,1H3,(H2,12,16). The van der Waals surface area contributed by atoms with E-state index < -0.39 is 23.6 Å². The normalized spacial score (nSPS) is 11.5. The molecule has 0 fully saturated rings. The van der Waals surface area contributed by atoms with E-state index in [1.807, 2.05) is 0 Å². The topological polar surface area (TPSA) is 80.9 Å². The molecule has 0 saturated carbocycles. The summed E-state index contributed by atoms with van der Waals surface area (Å²) in [6.07, 6.45) is -4.70. The Morgan fingerprint density at radius 3 is 2.56 bits per heavy atom. The van der Waals surface area contributed by atoms with Gasteiger partial charge in [0.2, 0.25) is 5.82 Å². The van der Waals surface area contributed by atoms with Gasteiger partial charge >= 0.3 is 6.18 Å². The second-order valence-corrected chi connectivity index (χ2v) is 2.96. The monoisotopic (exact) mass is 234 g/mol. The summed E-state index contributed by atoms with van der Waals surface area (Å²) in [5.74, 6) is -2.39. The molecule has 1 rings (SSSR count). The summed E-state index contributed by atoms with van der Waals surface area (Å²) in [5, 5.41) is 2.62. The van der Waals surface area contributed by atoms with Gasteiger partial charge in [-0.3, -0.25) is 4.79 Å². The second-order valence-electron chi connectivity index (χ2n) is 2.96. The van der Waals surface area contributed by atoms with Crippen LogP contribution in [0.25, 0.3) is 0 Å². The first kappa shape index (κ1) is 12.4. The Morgan fingerprint density at radius 2 is 2.12 bits per heavy atom. The number of hydrogen-bond donors (Lipinski definition) is 2. The van der Waals surface area contributed by atoms with E-state index >= 15 is 0 Å². The molecular formula is C8H9F3N4O. The summed E-state index contributed by atoms with van der Waals surface area (Å²) in [6.45, 7) is 0.0892. The van der Waals surface area contributed by atoms with Crippen LogP contribution in [0, 0.1) is 0 Å². The second kappa shape index (κ2) is 4.44. The van der Waals surface area contributed by atoms with Gasteiger partial charge in [0.25, 0.3) is 5.91 Å². The van der Waals surface area contributed by atoms with Crippen LogP contribution in [0.1, 0.15) is 22.0 Å². The van der Waals surface area contributed by atoms with Crippen molar-refractivity contribution in [3.63, 3.8) is 0 Å². The van der Waals surface area contributed by atoms with Gasteiger partial charge in [-0.25, -0.2) is 9.97 Å². The minimum atomic E-state index is -4.70. The van der Waals surface area contributed by atoms with E-state index in [1.54, 1.807) is 7.05 Å². The predicted molar refractivity (Wildman–Crippen MR) is 48.3 cm³/mol. The molecular weight excluding hydrogens is 225 g/mol. The number of nitrogens with one attached hydrogen (secondary N) is 1. The Kier molecular flexibility index (Phi) is 3.43. The number of rotatable bonds is 3. The van der Waals surface area contributed by atoms with Gasteiger partial charge in [0, 0.05) is 6.54 Å². The van der Waals surface area contributed by atoms with Gasteiger partial charge in [-0.15, -0.1) is 0 Å². The van der Waals surface area contributed by atoms with Crippen molar-refractivity contribution in [1.82, 2.24) is 15.3 Å². The SMILES string of the molecule is CNCc1cc(C(N)=O)nc(C(F)(F)F)n1. The van der Waals surface area contributed by atoms with Gasteiger partial charge in [0.1, 0.15) is 5.69 Å². The highest BCUT2D eigenvalue weighted by Gasteiger charge is 2.35. The summed E-state index contributed by atoms with van der Waals surface area (Å²) in [6, 6.07) is 1.12. The van der Waals surface area contributed by atoms with Crippen molar-refractivity contribution < 1.29 is 18.0 Å². The third-order valence-electron chi connectivity index (χ3n) is 1.64. The van der Waals surface area contributed by atoms with Gasteiger partial charge in [0.15, 0.2) is 0 Å². The first-order chi connectivity index (χ1) is 7.34. The van der Waals surface area contributed by atoms with Crippen LogP contribution in [0.2, 0.25) is 0 Å². The maximum absolute atomic E-state index is 12.4. The molecule has 8 heteroatoms. The van der Waals surface area contributed by atoms with Crippen LogP contribution in [-0.2, 0) is 12.7 Å². The fourth-order valence-electron chi connectivity index (χ4n) is 1.02. The van der Waals surface area contributed by atoms with Crippen LogP contribution in [0.4, 0.5) is 13.2 Å². The molecule has 0 saturated heterocycles. The fourth-order valence-corrected chi connectivity index (χ4v) is 1.02. The number of alkyl halides is 3. The molecule has 0 atom stereocenters. The van der Waals surface area contributed by atoms with Gasteiger partial charge in [0.05, 0.1) is 5.69 Å². The largest absolute Gasteiger partial charge is 0.451 e. The Labute approximate surface area is 88.9 Å². The number of aromatic nitrogens is 2. The number of carbonyl (C=O) groups is 1. The molecule has 1 amide bonds. The van der Waals surface area contributed by atoms with Crippen LogP contribution < -0.4 is 11.1 Å². The Balaban J connectivity index is 3.24. The van der Waals surface area contributed by atoms with Crippen molar-refractivity contribution in [1.29, 1.82) is 0 Å². The third kappa shape index (κ3) is 2.89. The molecule has 88 valence electrons. The van der Waals surface area contributed by atoms with Crippen molar-refractivity contribution >= 4 is 5.91 Å². The predicted octanol–water partition coefficient (Wildman–Crippen LogP) is 0.314. The van der Waals surface area contributed by atoms with E-state index in [-0.39, 0.29) is 12.2 Å². The molecule has 1 heterocycles. The molecule has 0 aliphatic rings. The first-order valence-electron chi connectivity index (χ1n) is 4.24. The summed E-state index contributed by atoms with van der Waals surface area (Å²) in [7, 11) is 1.54.